The lowest BCUT2D eigenvalue weighted by Crippen LogP contribution is -2.61. The first kappa shape index (κ1) is 65.9. The summed E-state index contributed by atoms with van der Waals surface area (Å²) in [6.07, 6.45) is 5.67. The van der Waals surface area contributed by atoms with Crippen molar-refractivity contribution in [2.24, 2.45) is 22.4 Å². The molecule has 30 nitrogen and oxygen atoms in total. The van der Waals surface area contributed by atoms with Crippen molar-refractivity contribution in [1.29, 1.82) is 0 Å². The molecular weight excluding hydrogens is 1140 g/mol. The number of aliphatic carboxylic acids is 1. The van der Waals surface area contributed by atoms with E-state index in [1.54, 1.807) is 30.5 Å². The zero-order chi connectivity index (χ0) is 63.6. The number of fused-ring (bicyclic) bond motifs is 1. The molecule has 4 aromatic rings. The van der Waals surface area contributed by atoms with E-state index < -0.39 is 127 Å². The van der Waals surface area contributed by atoms with Crippen LogP contribution in [0.3, 0.4) is 0 Å². The molecular formula is C58H78N16O14. The van der Waals surface area contributed by atoms with Crippen LogP contribution in [-0.2, 0) is 72.0 Å². The van der Waals surface area contributed by atoms with Gasteiger partial charge in [0.2, 0.25) is 59.1 Å². The number of hydrogen-bond acceptors (Lipinski definition) is 15. The number of guanidine groups is 1. The molecule has 3 aliphatic heterocycles. The van der Waals surface area contributed by atoms with E-state index in [-0.39, 0.29) is 107 Å². The van der Waals surface area contributed by atoms with E-state index in [0.29, 0.717) is 40.6 Å². The number of para-hydroxylation sites is 1. The Morgan fingerprint density at radius 3 is 1.93 bits per heavy atom. The Hall–Kier alpha value is -9.61. The smallest absolute Gasteiger partial charge is 0.322 e. The van der Waals surface area contributed by atoms with Gasteiger partial charge >= 0.3 is 5.97 Å². The van der Waals surface area contributed by atoms with Crippen molar-refractivity contribution in [3.63, 3.8) is 0 Å². The Bertz CT molecular complexity index is 3180. The third-order valence-electron chi connectivity index (χ3n) is 15.5. The van der Waals surface area contributed by atoms with Gasteiger partial charge in [-0.25, -0.2) is 4.98 Å². The normalized spacial score (nSPS) is 18.4. The number of aromatic nitrogens is 3. The molecule has 0 aliphatic carbocycles. The van der Waals surface area contributed by atoms with E-state index in [0.717, 1.165) is 0 Å². The van der Waals surface area contributed by atoms with Crippen molar-refractivity contribution in [2.75, 3.05) is 32.8 Å². The molecule has 5 heterocycles. The van der Waals surface area contributed by atoms with Gasteiger partial charge in [-0.1, -0.05) is 44.2 Å². The molecule has 0 unspecified atom stereocenters. The predicted molar refractivity (Wildman–Crippen MR) is 315 cm³/mol. The van der Waals surface area contributed by atoms with Crippen LogP contribution in [0.25, 0.3) is 10.9 Å². The zero-order valence-electron chi connectivity index (χ0n) is 48.9. The number of benzene rings is 2. The first-order valence-corrected chi connectivity index (χ1v) is 29.3. The van der Waals surface area contributed by atoms with Crippen molar-refractivity contribution in [3.8, 4) is 5.75 Å². The van der Waals surface area contributed by atoms with Gasteiger partial charge in [-0.2, -0.15) is 0 Å². The summed E-state index contributed by atoms with van der Waals surface area (Å²) < 4.78 is 0. The Morgan fingerprint density at radius 1 is 0.705 bits per heavy atom. The Labute approximate surface area is 505 Å². The Morgan fingerprint density at radius 2 is 1.31 bits per heavy atom. The van der Waals surface area contributed by atoms with Crippen molar-refractivity contribution >= 4 is 81.9 Å². The summed E-state index contributed by atoms with van der Waals surface area (Å²) in [4.78, 5) is 168. The number of carbonyl (C=O) groups is 11. The van der Waals surface area contributed by atoms with E-state index >= 15 is 0 Å². The van der Waals surface area contributed by atoms with Crippen LogP contribution in [0.15, 0.2) is 72.2 Å². The molecule has 3 aliphatic rings. The summed E-state index contributed by atoms with van der Waals surface area (Å²) in [5.74, 6) is -9.07. The maximum absolute atomic E-state index is 14.9. The molecule has 474 valence electrons. The first-order chi connectivity index (χ1) is 42.1. The molecule has 0 saturated carbocycles. The number of hydrogen-bond donors (Lipinski definition) is 15. The van der Waals surface area contributed by atoms with Crippen molar-refractivity contribution in [3.05, 3.63) is 84.1 Å². The highest BCUT2D eigenvalue weighted by Gasteiger charge is 2.42. The molecule has 3 fully saturated rings. The largest absolute Gasteiger partial charge is 0.508 e. The number of carboxylic acids is 1. The van der Waals surface area contributed by atoms with E-state index in [2.05, 4.69) is 62.5 Å². The maximum atomic E-state index is 14.9. The van der Waals surface area contributed by atoms with Gasteiger partial charge in [0.05, 0.1) is 12.9 Å². The minimum atomic E-state index is -1.75. The third-order valence-corrected chi connectivity index (χ3v) is 15.5. The number of aliphatic hydroxyl groups excluding tert-OH is 1. The topological polar surface area (TPSA) is 460 Å². The second-order valence-corrected chi connectivity index (χ2v) is 22.5. The summed E-state index contributed by atoms with van der Waals surface area (Å²) in [6.45, 7) is 2.19. The van der Waals surface area contributed by atoms with Crippen molar-refractivity contribution in [2.45, 2.75) is 145 Å². The van der Waals surface area contributed by atoms with Gasteiger partial charge in [0.1, 0.15) is 66.7 Å². The van der Waals surface area contributed by atoms with Crippen LogP contribution in [0.2, 0.25) is 0 Å². The number of phenols is 1. The van der Waals surface area contributed by atoms with Gasteiger partial charge in [0, 0.05) is 74.3 Å². The van der Waals surface area contributed by atoms with E-state index in [1.165, 1.54) is 46.6 Å². The second kappa shape index (κ2) is 31.2. The number of carbonyl (C=O) groups excluding carboxylic acids is 10. The van der Waals surface area contributed by atoms with Crippen LogP contribution in [-0.4, -0.2) is 198 Å². The molecule has 2 aromatic heterocycles. The number of phenolic OH excluding ortho intramolecular Hbond substituents is 1. The van der Waals surface area contributed by atoms with Gasteiger partial charge in [0.25, 0.3) is 0 Å². The third kappa shape index (κ3) is 18.2. The first-order valence-electron chi connectivity index (χ1n) is 29.3. The van der Waals surface area contributed by atoms with Gasteiger partial charge in [0.15, 0.2) is 5.96 Å². The van der Waals surface area contributed by atoms with E-state index in [4.69, 9.17) is 16.6 Å². The van der Waals surface area contributed by atoms with E-state index in [1.807, 2.05) is 13.8 Å². The molecule has 2 aromatic carbocycles. The lowest BCUT2D eigenvalue weighted by atomic mass is 10.0. The van der Waals surface area contributed by atoms with Crippen molar-refractivity contribution in [1.82, 2.24) is 67.3 Å². The highest BCUT2D eigenvalue weighted by molar-refractivity contribution is 6.00. The zero-order valence-corrected chi connectivity index (χ0v) is 48.9. The number of amides is 10. The molecule has 88 heavy (non-hydrogen) atoms. The van der Waals surface area contributed by atoms with Crippen LogP contribution in [0.5, 0.6) is 5.75 Å². The quantitative estimate of drug-likeness (QED) is 0.0141. The number of aromatic amines is 2. The number of nitrogens with one attached hydrogen (secondary N) is 10. The number of nitrogens with two attached hydrogens (primary N) is 2. The minimum absolute atomic E-state index is 0.00435. The van der Waals surface area contributed by atoms with Crippen LogP contribution in [0.4, 0.5) is 0 Å². The van der Waals surface area contributed by atoms with Gasteiger partial charge < -0.3 is 89.1 Å². The molecule has 30 heteroatoms. The lowest BCUT2D eigenvalue weighted by molar-refractivity contribution is -0.144. The maximum Gasteiger partial charge on any atom is 0.322 e. The fraction of sp³-hybridized carbons (Fsp3) is 0.500. The molecule has 7 rings (SSSR count). The molecule has 0 bridgehead atoms. The highest BCUT2D eigenvalue weighted by atomic mass is 16.4. The number of likely N-dealkylation sites (tertiary alicyclic amines) is 2. The summed E-state index contributed by atoms with van der Waals surface area (Å²) >= 11 is 0. The minimum Gasteiger partial charge on any atom is -0.508 e. The molecule has 3 saturated heterocycles. The number of H-pyrrole nitrogens is 2. The molecule has 17 N–H and O–H groups in total. The highest BCUT2D eigenvalue weighted by Crippen LogP contribution is 2.24. The fourth-order valence-corrected chi connectivity index (χ4v) is 11.0. The van der Waals surface area contributed by atoms with Gasteiger partial charge in [-0.05, 0) is 86.6 Å². The van der Waals surface area contributed by atoms with Crippen LogP contribution in [0.1, 0.15) is 88.5 Å². The summed E-state index contributed by atoms with van der Waals surface area (Å²) in [5, 5.41) is 51.8. The molecule has 0 spiro atoms. The van der Waals surface area contributed by atoms with E-state index in [9.17, 15) is 63.0 Å². The van der Waals surface area contributed by atoms with Gasteiger partial charge in [-0.3, -0.25) is 57.7 Å². The Kier molecular flexibility index (Phi) is 23.3. The number of aromatic hydroxyl groups is 1. The summed E-state index contributed by atoms with van der Waals surface area (Å²) in [5.41, 5.74) is 13.2. The lowest BCUT2D eigenvalue weighted by Gasteiger charge is -2.32. The number of imidazole rings is 1. The fourth-order valence-electron chi connectivity index (χ4n) is 11.0. The number of rotatable bonds is 30. The molecule has 10 amide bonds. The average molecular weight is 1220 g/mol. The average Bonchev–Trinajstić information content (AvgIpc) is 3.18. The van der Waals surface area contributed by atoms with Crippen molar-refractivity contribution < 1.29 is 68.1 Å². The SMILES string of the molecule is CC(C)C[C@H](NC(=O)[C@@H]1CCCN1C(=O)[C@H](Cc1ccc(O)cc1)NC(=O)[C@H](CO)NC(=O)[C@H](Cc1c[nH]c2ccccc12)NC(=O)[C@H](Cc1cnc[nH]1)NC(=O)[C@@H]1CCC(=O)N1)C(=O)N[C@@H](CCCN=C(N)N)C(=O)N1CCC[C@H]1C(=O)NCC(=O)O. The number of nitrogens with zero attached hydrogens (tertiary/aromatic N) is 4. The number of carboxylic acid groups (broad SMARTS) is 1. The van der Waals surface area contributed by atoms with Gasteiger partial charge in [-0.15, -0.1) is 0 Å². The Balaban J connectivity index is 1.09. The van der Waals surface area contributed by atoms with Crippen LogP contribution in [0, 0.1) is 5.92 Å². The summed E-state index contributed by atoms with van der Waals surface area (Å²) in [6, 6.07) is 1.31. The number of aliphatic imine (C=N–C) groups is 1. The monoisotopic (exact) mass is 1220 g/mol. The second-order valence-electron chi connectivity index (χ2n) is 22.5. The predicted octanol–water partition coefficient (Wildman–Crippen LogP) is -2.91. The van der Waals surface area contributed by atoms with Crippen LogP contribution >= 0.6 is 0 Å². The van der Waals surface area contributed by atoms with Crippen LogP contribution < -0.4 is 54.0 Å². The summed E-state index contributed by atoms with van der Waals surface area (Å²) in [7, 11) is 0. The number of aliphatic hydroxyl groups is 1. The molecule has 0 radical (unpaired) electrons. The standard InChI is InChI=1S/C58H78N16O14/c1-31(2)22-40(50(81)67-39(10-5-19-62-58(59)60)56(87)73-20-6-11-45(73)54(85)64-28-48(78)79)70-55(86)46-12-7-21-74(46)57(88)43(23-32-13-15-35(76)16-14-32)71-53(84)44(29-75)72-51(82)41(24-33-26-63-37-9-4-3-8-36(33)37)68-52(83)42(25-34-27-61-30-65-34)69-49(80)38-17-18-47(77)66-38/h3-4,8-9,13-16,26-27,30-31,38-46,63,75-76H,5-7,10-12,17-25,28-29H2,1-2H3,(H,61,65)(H,64,85)(H,66,77)(H,67,81)(H,68,83)(H,69,80)(H,70,86)(H,71,84)(H,72,82)(H,78,79)(H4,59,60,62)/t38-,39-,40-,41-,42-,43-,44-,45-,46-/m0/s1. The molecule has 9 atom stereocenters.